The number of halogens is 3. The number of carbonyl (C=O) groups is 2. The van der Waals surface area contributed by atoms with E-state index in [1.807, 2.05) is 0 Å². The van der Waals surface area contributed by atoms with Crippen molar-refractivity contribution in [2.24, 2.45) is 5.92 Å². The van der Waals surface area contributed by atoms with Crippen molar-refractivity contribution in [2.45, 2.75) is 44.7 Å². The van der Waals surface area contributed by atoms with Crippen LogP contribution >= 0.6 is 35.6 Å². The maximum Gasteiger partial charge on any atom is 0.253 e. The molecule has 2 aliphatic rings. The Hall–Kier alpha value is -1.01. The van der Waals surface area contributed by atoms with Crippen LogP contribution in [0.25, 0.3) is 0 Å². The van der Waals surface area contributed by atoms with Crippen LogP contribution in [0.15, 0.2) is 18.2 Å². The molecule has 2 saturated heterocycles. The number of nitrogens with zero attached hydrogens (tertiary/aromatic N) is 1. The summed E-state index contributed by atoms with van der Waals surface area (Å²) in [6.45, 7) is 4.21. The Morgan fingerprint density at radius 3 is 2.67 bits per heavy atom. The molecule has 0 spiro atoms. The Morgan fingerprint density at radius 2 is 1.96 bits per heavy atom. The topological polar surface area (TPSA) is 61.4 Å². The molecule has 5 nitrogen and oxygen atoms in total. The second-order valence-electron chi connectivity index (χ2n) is 7.22. The Kier molecular flexibility index (Phi) is 8.22. The van der Waals surface area contributed by atoms with E-state index >= 15 is 0 Å². The van der Waals surface area contributed by atoms with Gasteiger partial charge in [0.05, 0.1) is 16.0 Å². The van der Waals surface area contributed by atoms with Gasteiger partial charge in [0, 0.05) is 30.7 Å². The highest BCUT2D eigenvalue weighted by atomic mass is 35.5. The molecule has 3 atom stereocenters. The van der Waals surface area contributed by atoms with Crippen molar-refractivity contribution < 1.29 is 9.59 Å². The van der Waals surface area contributed by atoms with Gasteiger partial charge in [-0.2, -0.15) is 0 Å². The predicted octanol–water partition coefficient (Wildman–Crippen LogP) is 3.52. The highest BCUT2D eigenvalue weighted by molar-refractivity contribution is 6.42. The molecule has 150 valence electrons. The van der Waals surface area contributed by atoms with Gasteiger partial charge in [-0.05, 0) is 57.4 Å². The zero-order valence-corrected chi connectivity index (χ0v) is 17.7. The van der Waals surface area contributed by atoms with Gasteiger partial charge in [-0.15, -0.1) is 12.4 Å². The maximum absolute atomic E-state index is 12.8. The van der Waals surface area contributed by atoms with Crippen LogP contribution in [-0.2, 0) is 4.79 Å². The van der Waals surface area contributed by atoms with Crippen LogP contribution in [0.2, 0.25) is 10.0 Å². The second kappa shape index (κ2) is 9.97. The molecule has 2 aliphatic heterocycles. The van der Waals surface area contributed by atoms with Crippen molar-refractivity contribution in [1.82, 2.24) is 15.5 Å². The standard InChI is InChI=1S/C19H25Cl2N3O2.ClH/c1-12-17(5-2-8-22-12)23-18(25)14-4-3-9-24(11-14)19(26)13-6-7-15(20)16(21)10-13;/h6-7,10,12,14,17,22H,2-5,8-9,11H2,1H3,(H,23,25);1H. The van der Waals surface area contributed by atoms with Gasteiger partial charge in [-0.25, -0.2) is 0 Å². The van der Waals surface area contributed by atoms with Crippen LogP contribution < -0.4 is 10.6 Å². The summed E-state index contributed by atoms with van der Waals surface area (Å²) in [6, 6.07) is 5.34. The predicted molar refractivity (Wildman–Crippen MR) is 111 cm³/mol. The van der Waals surface area contributed by atoms with E-state index in [1.165, 1.54) is 0 Å². The number of hydrogen-bond acceptors (Lipinski definition) is 3. The molecule has 8 heteroatoms. The van der Waals surface area contributed by atoms with E-state index < -0.39 is 0 Å². The third kappa shape index (κ3) is 5.50. The molecule has 3 rings (SSSR count). The summed E-state index contributed by atoms with van der Waals surface area (Å²) < 4.78 is 0. The molecule has 2 heterocycles. The minimum Gasteiger partial charge on any atom is -0.352 e. The summed E-state index contributed by atoms with van der Waals surface area (Å²) in [5.74, 6) is -0.212. The van der Waals surface area contributed by atoms with Crippen LogP contribution in [-0.4, -0.2) is 48.4 Å². The van der Waals surface area contributed by atoms with Crippen molar-refractivity contribution in [3.63, 3.8) is 0 Å². The van der Waals surface area contributed by atoms with Crippen LogP contribution in [0.3, 0.4) is 0 Å². The first kappa shape index (κ1) is 22.3. The first-order valence-corrected chi connectivity index (χ1v) is 9.99. The monoisotopic (exact) mass is 433 g/mol. The number of benzene rings is 1. The van der Waals surface area contributed by atoms with Gasteiger partial charge in [0.2, 0.25) is 5.91 Å². The van der Waals surface area contributed by atoms with Crippen molar-refractivity contribution in [3.8, 4) is 0 Å². The lowest BCUT2D eigenvalue weighted by atomic mass is 9.94. The minimum atomic E-state index is -0.162. The van der Waals surface area contributed by atoms with E-state index in [1.54, 1.807) is 23.1 Å². The average Bonchev–Trinajstić information content (AvgIpc) is 2.65. The third-order valence-corrected chi connectivity index (χ3v) is 6.07. The number of hydrogen-bond donors (Lipinski definition) is 2. The van der Waals surface area contributed by atoms with Gasteiger partial charge in [-0.3, -0.25) is 9.59 Å². The molecule has 2 N–H and O–H groups in total. The SMILES string of the molecule is CC1NCCCC1NC(=O)C1CCCN(C(=O)c2ccc(Cl)c(Cl)c2)C1.Cl. The zero-order valence-electron chi connectivity index (χ0n) is 15.3. The molecule has 0 saturated carbocycles. The molecule has 2 amide bonds. The minimum absolute atomic E-state index is 0. The van der Waals surface area contributed by atoms with E-state index in [0.717, 1.165) is 32.2 Å². The van der Waals surface area contributed by atoms with Gasteiger partial charge >= 0.3 is 0 Å². The molecule has 0 aliphatic carbocycles. The zero-order chi connectivity index (χ0) is 18.7. The number of piperidine rings is 2. The first-order valence-electron chi connectivity index (χ1n) is 9.24. The molecule has 0 radical (unpaired) electrons. The van der Waals surface area contributed by atoms with E-state index in [-0.39, 0.29) is 42.2 Å². The van der Waals surface area contributed by atoms with Crippen molar-refractivity contribution in [3.05, 3.63) is 33.8 Å². The number of nitrogens with one attached hydrogen (secondary N) is 2. The molecule has 1 aromatic rings. The van der Waals surface area contributed by atoms with Gasteiger partial charge in [-0.1, -0.05) is 23.2 Å². The molecular formula is C19H26Cl3N3O2. The quantitative estimate of drug-likeness (QED) is 0.765. The Morgan fingerprint density at radius 1 is 1.19 bits per heavy atom. The highest BCUT2D eigenvalue weighted by Gasteiger charge is 2.31. The van der Waals surface area contributed by atoms with Crippen molar-refractivity contribution in [1.29, 1.82) is 0 Å². The Labute approximate surface area is 176 Å². The summed E-state index contributed by atoms with van der Waals surface area (Å²) >= 11 is 12.0. The second-order valence-corrected chi connectivity index (χ2v) is 8.03. The fraction of sp³-hybridized carbons (Fsp3) is 0.579. The third-order valence-electron chi connectivity index (χ3n) is 5.34. The molecule has 3 unspecified atom stereocenters. The lowest BCUT2D eigenvalue weighted by Gasteiger charge is -2.35. The average molecular weight is 435 g/mol. The summed E-state index contributed by atoms with van der Waals surface area (Å²) in [4.78, 5) is 27.2. The highest BCUT2D eigenvalue weighted by Crippen LogP contribution is 2.25. The van der Waals surface area contributed by atoms with Gasteiger partial charge in [0.15, 0.2) is 0 Å². The molecule has 27 heavy (non-hydrogen) atoms. The lowest BCUT2D eigenvalue weighted by Crippen LogP contribution is -2.54. The lowest BCUT2D eigenvalue weighted by molar-refractivity contribution is -0.127. The molecule has 0 aromatic heterocycles. The number of carbonyl (C=O) groups excluding carboxylic acids is 2. The number of likely N-dealkylation sites (tertiary alicyclic amines) is 1. The maximum atomic E-state index is 12.8. The molecule has 1 aromatic carbocycles. The summed E-state index contributed by atoms with van der Waals surface area (Å²) in [6.07, 6.45) is 3.70. The van der Waals surface area contributed by atoms with Gasteiger partial charge in [0.1, 0.15) is 0 Å². The molecular weight excluding hydrogens is 409 g/mol. The van der Waals surface area contributed by atoms with Gasteiger partial charge in [0.25, 0.3) is 5.91 Å². The van der Waals surface area contributed by atoms with E-state index in [2.05, 4.69) is 17.6 Å². The first-order chi connectivity index (χ1) is 12.5. The van der Waals surface area contributed by atoms with Crippen LogP contribution in [0, 0.1) is 5.92 Å². The Bertz CT molecular complexity index is 686. The van der Waals surface area contributed by atoms with Crippen LogP contribution in [0.5, 0.6) is 0 Å². The fourth-order valence-corrected chi connectivity index (χ4v) is 4.03. The summed E-state index contributed by atoms with van der Waals surface area (Å²) in [7, 11) is 0. The Balaban J connectivity index is 0.00000261. The molecule has 0 bridgehead atoms. The van der Waals surface area contributed by atoms with Crippen LogP contribution in [0.1, 0.15) is 43.0 Å². The number of rotatable bonds is 3. The van der Waals surface area contributed by atoms with Crippen molar-refractivity contribution >= 4 is 47.4 Å². The summed E-state index contributed by atoms with van der Waals surface area (Å²) in [5, 5.41) is 7.36. The van der Waals surface area contributed by atoms with E-state index in [9.17, 15) is 9.59 Å². The largest absolute Gasteiger partial charge is 0.352 e. The number of amides is 2. The van der Waals surface area contributed by atoms with Crippen LogP contribution in [0.4, 0.5) is 0 Å². The van der Waals surface area contributed by atoms with E-state index in [4.69, 9.17) is 23.2 Å². The van der Waals surface area contributed by atoms with E-state index in [0.29, 0.717) is 28.7 Å². The summed E-state index contributed by atoms with van der Waals surface area (Å²) in [5.41, 5.74) is 0.505. The molecule has 2 fully saturated rings. The normalized spacial score (nSPS) is 25.4. The van der Waals surface area contributed by atoms with Crippen molar-refractivity contribution in [2.75, 3.05) is 19.6 Å². The fourth-order valence-electron chi connectivity index (χ4n) is 3.73. The van der Waals surface area contributed by atoms with Gasteiger partial charge < -0.3 is 15.5 Å². The smallest absolute Gasteiger partial charge is 0.253 e.